The summed E-state index contributed by atoms with van der Waals surface area (Å²) in [5.74, 6) is 0.126. The van der Waals surface area contributed by atoms with Crippen LogP contribution < -0.4 is 5.43 Å². The van der Waals surface area contributed by atoms with E-state index in [1.54, 1.807) is 19.1 Å². The molecule has 0 aromatic heterocycles. The van der Waals surface area contributed by atoms with E-state index in [1.165, 1.54) is 0 Å². The number of carbonyl (C=O) groups is 2. The van der Waals surface area contributed by atoms with Gasteiger partial charge in [0.1, 0.15) is 0 Å². The van der Waals surface area contributed by atoms with Crippen LogP contribution in [0.5, 0.6) is 0 Å². The van der Waals surface area contributed by atoms with Crippen molar-refractivity contribution in [2.24, 2.45) is 16.2 Å². The van der Waals surface area contributed by atoms with E-state index in [4.69, 9.17) is 0 Å². The predicted molar refractivity (Wildman–Crippen MR) is 73.1 cm³/mol. The highest BCUT2D eigenvalue weighted by Crippen LogP contribution is 2.72. The number of rotatable bonds is 2. The third kappa shape index (κ3) is 1.29. The standard InChI is InChI=1S/C13H21BrN2O2/c1-11(2)12(3)6-7-13(11,8(14)9(12)17)10(18)15-16(4)5/h8H,6-7H2,1-5H3,(H,15,18)/t8-,12-,13-/m0/s1. The van der Waals surface area contributed by atoms with Gasteiger partial charge in [-0.1, -0.05) is 36.7 Å². The molecular formula is C13H21BrN2O2. The molecule has 102 valence electrons. The first kappa shape index (κ1) is 14.0. The number of ketones is 1. The SMILES string of the molecule is CN(C)NC(=O)[C@]12CC[C@@](C)(C(=O)[C@@H]1Br)C2(C)C. The van der Waals surface area contributed by atoms with Crippen molar-refractivity contribution in [1.29, 1.82) is 0 Å². The Kier molecular flexibility index (Phi) is 2.95. The topological polar surface area (TPSA) is 49.4 Å². The fraction of sp³-hybridized carbons (Fsp3) is 0.846. The van der Waals surface area contributed by atoms with Gasteiger partial charge in [0.15, 0.2) is 5.78 Å². The lowest BCUT2D eigenvalue weighted by Gasteiger charge is -2.40. The Balaban J connectivity index is 2.49. The molecule has 0 spiro atoms. The first-order valence-corrected chi connectivity index (χ1v) is 7.19. The fourth-order valence-electron chi connectivity index (χ4n) is 3.76. The molecular weight excluding hydrogens is 296 g/mol. The number of carbonyl (C=O) groups excluding carboxylic acids is 2. The minimum absolute atomic E-state index is 0.0473. The summed E-state index contributed by atoms with van der Waals surface area (Å²) in [7, 11) is 3.57. The molecule has 2 fully saturated rings. The normalized spacial score (nSPS) is 41.5. The predicted octanol–water partition coefficient (Wildman–Crippen LogP) is 1.74. The Labute approximate surface area is 117 Å². The maximum atomic E-state index is 12.6. The highest BCUT2D eigenvalue weighted by Gasteiger charge is 2.76. The second-order valence-electron chi connectivity index (χ2n) is 6.49. The molecule has 0 radical (unpaired) electrons. The van der Waals surface area contributed by atoms with Gasteiger partial charge in [-0.25, -0.2) is 5.01 Å². The van der Waals surface area contributed by atoms with Gasteiger partial charge in [-0.3, -0.25) is 15.0 Å². The van der Waals surface area contributed by atoms with Crippen molar-refractivity contribution in [3.63, 3.8) is 0 Å². The van der Waals surface area contributed by atoms with Crippen LogP contribution in [-0.2, 0) is 9.59 Å². The molecule has 0 heterocycles. The van der Waals surface area contributed by atoms with Crippen LogP contribution in [0.1, 0.15) is 33.6 Å². The molecule has 4 nitrogen and oxygen atoms in total. The van der Waals surface area contributed by atoms with Crippen LogP contribution in [0.4, 0.5) is 0 Å². The molecule has 0 aromatic rings. The molecule has 2 rings (SSSR count). The summed E-state index contributed by atoms with van der Waals surface area (Å²) in [6, 6.07) is 0. The Morgan fingerprint density at radius 1 is 1.33 bits per heavy atom. The monoisotopic (exact) mass is 316 g/mol. The van der Waals surface area contributed by atoms with Gasteiger partial charge in [0.2, 0.25) is 5.91 Å². The highest BCUT2D eigenvalue weighted by atomic mass is 79.9. The Bertz CT molecular complexity index is 421. The minimum Gasteiger partial charge on any atom is -0.298 e. The summed E-state index contributed by atoms with van der Waals surface area (Å²) >= 11 is 3.49. The second kappa shape index (κ2) is 3.79. The van der Waals surface area contributed by atoms with Gasteiger partial charge in [0, 0.05) is 19.5 Å². The van der Waals surface area contributed by atoms with E-state index in [0.29, 0.717) is 0 Å². The van der Waals surface area contributed by atoms with Gasteiger partial charge in [-0.2, -0.15) is 0 Å². The lowest BCUT2D eigenvalue weighted by Crippen LogP contribution is -2.53. The van der Waals surface area contributed by atoms with Crippen molar-refractivity contribution in [2.45, 2.75) is 38.4 Å². The maximum Gasteiger partial charge on any atom is 0.242 e. The molecule has 2 aliphatic rings. The number of hydrogen-bond acceptors (Lipinski definition) is 3. The van der Waals surface area contributed by atoms with Crippen molar-refractivity contribution < 1.29 is 9.59 Å². The number of hydrogen-bond donors (Lipinski definition) is 1. The first-order chi connectivity index (χ1) is 8.11. The smallest absolute Gasteiger partial charge is 0.242 e. The van der Waals surface area contributed by atoms with Crippen molar-refractivity contribution >= 4 is 27.6 Å². The lowest BCUT2D eigenvalue weighted by atomic mass is 9.64. The summed E-state index contributed by atoms with van der Waals surface area (Å²) in [6.07, 6.45) is 1.56. The molecule has 18 heavy (non-hydrogen) atoms. The van der Waals surface area contributed by atoms with E-state index in [0.717, 1.165) is 12.8 Å². The molecule has 3 atom stereocenters. The van der Waals surface area contributed by atoms with Crippen LogP contribution in [-0.4, -0.2) is 35.6 Å². The molecule has 0 aliphatic heterocycles. The molecule has 2 aliphatic carbocycles. The largest absolute Gasteiger partial charge is 0.298 e. The lowest BCUT2D eigenvalue weighted by molar-refractivity contribution is -0.140. The average Bonchev–Trinajstić information content (AvgIpc) is 2.51. The third-order valence-electron chi connectivity index (χ3n) is 5.45. The van der Waals surface area contributed by atoms with E-state index in [9.17, 15) is 9.59 Å². The molecule has 0 unspecified atom stereocenters. The van der Waals surface area contributed by atoms with Crippen LogP contribution in [0, 0.1) is 16.2 Å². The summed E-state index contributed by atoms with van der Waals surface area (Å²) in [5, 5.41) is 1.64. The molecule has 5 heteroatoms. The molecule has 2 bridgehead atoms. The zero-order valence-corrected chi connectivity index (χ0v) is 13.2. The van der Waals surface area contributed by atoms with Gasteiger partial charge in [-0.15, -0.1) is 0 Å². The van der Waals surface area contributed by atoms with E-state index in [-0.39, 0.29) is 21.9 Å². The van der Waals surface area contributed by atoms with Gasteiger partial charge in [0.05, 0.1) is 10.2 Å². The van der Waals surface area contributed by atoms with Crippen LogP contribution in [0.3, 0.4) is 0 Å². The summed E-state index contributed by atoms with van der Waals surface area (Å²) in [4.78, 5) is 24.7. The average molecular weight is 317 g/mol. The van der Waals surface area contributed by atoms with Crippen LogP contribution in [0.15, 0.2) is 0 Å². The maximum absolute atomic E-state index is 12.6. The molecule has 1 amide bonds. The molecule has 0 saturated heterocycles. The highest BCUT2D eigenvalue weighted by molar-refractivity contribution is 9.10. The summed E-state index contributed by atoms with van der Waals surface area (Å²) in [5.41, 5.74) is 1.48. The van der Waals surface area contributed by atoms with Crippen LogP contribution >= 0.6 is 15.9 Å². The molecule has 1 N–H and O–H groups in total. The van der Waals surface area contributed by atoms with Crippen molar-refractivity contribution in [3.05, 3.63) is 0 Å². The zero-order valence-electron chi connectivity index (χ0n) is 11.6. The molecule has 0 aromatic carbocycles. The van der Waals surface area contributed by atoms with Crippen LogP contribution in [0.25, 0.3) is 0 Å². The van der Waals surface area contributed by atoms with Gasteiger partial charge in [-0.05, 0) is 18.3 Å². The Hall–Kier alpha value is -0.420. The summed E-state index contributed by atoms with van der Waals surface area (Å²) < 4.78 is 0. The van der Waals surface area contributed by atoms with Crippen molar-refractivity contribution in [1.82, 2.24) is 10.4 Å². The van der Waals surface area contributed by atoms with E-state index < -0.39 is 10.8 Å². The Morgan fingerprint density at radius 2 is 1.89 bits per heavy atom. The molecule has 2 saturated carbocycles. The van der Waals surface area contributed by atoms with Gasteiger partial charge >= 0.3 is 0 Å². The van der Waals surface area contributed by atoms with E-state index in [1.807, 2.05) is 6.92 Å². The van der Waals surface area contributed by atoms with Gasteiger partial charge < -0.3 is 0 Å². The quantitative estimate of drug-likeness (QED) is 0.623. The zero-order chi connectivity index (χ0) is 13.9. The number of fused-ring (bicyclic) bond motifs is 2. The number of nitrogens with one attached hydrogen (secondary N) is 1. The Morgan fingerprint density at radius 3 is 2.28 bits per heavy atom. The first-order valence-electron chi connectivity index (χ1n) is 6.28. The number of amides is 1. The minimum atomic E-state index is -0.636. The fourth-order valence-corrected chi connectivity index (χ4v) is 5.27. The third-order valence-corrected chi connectivity index (χ3v) is 6.65. The van der Waals surface area contributed by atoms with Crippen LogP contribution in [0.2, 0.25) is 0 Å². The summed E-state index contributed by atoms with van der Waals surface area (Å²) in [6.45, 7) is 6.10. The second-order valence-corrected chi connectivity index (χ2v) is 7.41. The number of Topliss-reactive ketones (excluding diaryl/α,β-unsaturated/α-hetero) is 1. The number of nitrogens with zero attached hydrogens (tertiary/aromatic N) is 1. The van der Waals surface area contributed by atoms with Crippen molar-refractivity contribution in [2.75, 3.05) is 14.1 Å². The number of hydrazine groups is 1. The number of halogens is 1. The van der Waals surface area contributed by atoms with E-state index in [2.05, 4.69) is 35.2 Å². The number of alkyl halides is 1. The van der Waals surface area contributed by atoms with E-state index >= 15 is 0 Å². The van der Waals surface area contributed by atoms with Crippen molar-refractivity contribution in [3.8, 4) is 0 Å². The van der Waals surface area contributed by atoms with Gasteiger partial charge in [0.25, 0.3) is 0 Å².